The molecule has 2 heterocycles. The molecule has 1 fully saturated rings. The van der Waals surface area contributed by atoms with Gasteiger partial charge in [0.05, 0.1) is 29.0 Å². The SMILES string of the molecule is CC(=O)Nc1ccc(NC(=O)CSc2nc3ccccc3nc2N2C[C@H](C)O[C@@H](C)C2)cc1. The smallest absolute Gasteiger partial charge is 0.234 e. The second-order valence-corrected chi connectivity index (χ2v) is 9.06. The van der Waals surface area contributed by atoms with E-state index in [1.165, 1.54) is 18.7 Å². The summed E-state index contributed by atoms with van der Waals surface area (Å²) in [5, 5.41) is 6.32. The number of rotatable bonds is 6. The van der Waals surface area contributed by atoms with Gasteiger partial charge in [0.1, 0.15) is 5.03 Å². The molecule has 0 spiro atoms. The molecular weight excluding hydrogens is 438 g/mol. The Morgan fingerprint density at radius 3 is 2.15 bits per heavy atom. The molecule has 0 aliphatic carbocycles. The molecule has 0 radical (unpaired) electrons. The Morgan fingerprint density at radius 1 is 0.970 bits per heavy atom. The van der Waals surface area contributed by atoms with Gasteiger partial charge >= 0.3 is 0 Å². The molecule has 8 nitrogen and oxygen atoms in total. The highest BCUT2D eigenvalue weighted by Gasteiger charge is 2.26. The Morgan fingerprint density at radius 2 is 1.55 bits per heavy atom. The molecule has 9 heteroatoms. The largest absolute Gasteiger partial charge is 0.372 e. The highest BCUT2D eigenvalue weighted by Crippen LogP contribution is 2.31. The van der Waals surface area contributed by atoms with Gasteiger partial charge in [0, 0.05) is 31.4 Å². The zero-order chi connectivity index (χ0) is 23.4. The van der Waals surface area contributed by atoms with Crippen molar-refractivity contribution >= 4 is 51.8 Å². The minimum absolute atomic E-state index is 0.0867. The number of hydrogen-bond acceptors (Lipinski definition) is 7. The first-order valence-electron chi connectivity index (χ1n) is 10.8. The summed E-state index contributed by atoms with van der Waals surface area (Å²) in [4.78, 5) is 35.7. The van der Waals surface area contributed by atoms with E-state index in [0.29, 0.717) is 11.4 Å². The molecule has 172 valence electrons. The van der Waals surface area contributed by atoms with Gasteiger partial charge in [-0.05, 0) is 50.2 Å². The number of aromatic nitrogens is 2. The summed E-state index contributed by atoms with van der Waals surface area (Å²) < 4.78 is 5.88. The van der Waals surface area contributed by atoms with E-state index in [1.54, 1.807) is 24.3 Å². The lowest BCUT2D eigenvalue weighted by Gasteiger charge is -2.36. The summed E-state index contributed by atoms with van der Waals surface area (Å²) in [6.07, 6.45) is 0.173. The average molecular weight is 466 g/mol. The maximum atomic E-state index is 12.6. The van der Waals surface area contributed by atoms with Crippen LogP contribution in [0.4, 0.5) is 17.2 Å². The van der Waals surface area contributed by atoms with E-state index in [-0.39, 0.29) is 29.8 Å². The number of nitrogens with zero attached hydrogens (tertiary/aromatic N) is 3. The van der Waals surface area contributed by atoms with Crippen LogP contribution in [0.2, 0.25) is 0 Å². The van der Waals surface area contributed by atoms with Gasteiger partial charge in [0.25, 0.3) is 0 Å². The van der Waals surface area contributed by atoms with E-state index in [9.17, 15) is 9.59 Å². The van der Waals surface area contributed by atoms with Crippen molar-refractivity contribution in [3.63, 3.8) is 0 Å². The minimum atomic E-state index is -0.142. The van der Waals surface area contributed by atoms with Gasteiger partial charge in [-0.15, -0.1) is 0 Å². The molecule has 1 aromatic heterocycles. The number of fused-ring (bicyclic) bond motifs is 1. The second kappa shape index (κ2) is 10.2. The Bertz CT molecular complexity index is 1140. The standard InChI is InChI=1S/C24H27N5O3S/c1-15-12-29(13-16(2)32-15)23-24(28-21-7-5-4-6-20(21)27-23)33-14-22(31)26-19-10-8-18(9-11-19)25-17(3)30/h4-11,15-16H,12-14H2,1-3H3,(H,25,30)(H,26,31)/t15-,16-/m0/s1. The van der Waals surface area contributed by atoms with Gasteiger partial charge in [-0.2, -0.15) is 0 Å². The number of nitrogens with one attached hydrogen (secondary N) is 2. The van der Waals surface area contributed by atoms with E-state index in [4.69, 9.17) is 14.7 Å². The molecule has 3 aromatic rings. The van der Waals surface area contributed by atoms with Crippen LogP contribution in [0.5, 0.6) is 0 Å². The highest BCUT2D eigenvalue weighted by atomic mass is 32.2. The van der Waals surface area contributed by atoms with Gasteiger partial charge in [-0.3, -0.25) is 9.59 Å². The molecule has 1 aliphatic rings. The summed E-state index contributed by atoms with van der Waals surface area (Å²) in [5.41, 5.74) is 2.97. The fourth-order valence-corrected chi connectivity index (χ4v) is 4.61. The number of amides is 2. The third-order valence-electron chi connectivity index (χ3n) is 5.07. The van der Waals surface area contributed by atoms with E-state index in [2.05, 4.69) is 29.4 Å². The number of anilines is 3. The average Bonchev–Trinajstić information content (AvgIpc) is 2.77. The van der Waals surface area contributed by atoms with Crippen molar-refractivity contribution in [2.24, 2.45) is 0 Å². The lowest BCUT2D eigenvalue weighted by molar-refractivity contribution is -0.114. The third-order valence-corrected chi connectivity index (χ3v) is 6.02. The summed E-state index contributed by atoms with van der Waals surface area (Å²) in [7, 11) is 0. The van der Waals surface area contributed by atoms with Crippen LogP contribution in [0.1, 0.15) is 20.8 Å². The molecule has 1 aliphatic heterocycles. The summed E-state index contributed by atoms with van der Waals surface area (Å²) >= 11 is 1.37. The molecular formula is C24H27N5O3S. The molecule has 0 bridgehead atoms. The van der Waals surface area contributed by atoms with Crippen molar-refractivity contribution in [1.29, 1.82) is 0 Å². The molecule has 1 saturated heterocycles. The number of carbonyl (C=O) groups is 2. The number of ether oxygens (including phenoxy) is 1. The summed E-state index contributed by atoms with van der Waals surface area (Å²) in [5.74, 6) is 0.702. The molecule has 4 rings (SSSR count). The van der Waals surface area contributed by atoms with Crippen LogP contribution in [0.25, 0.3) is 11.0 Å². The number of carbonyl (C=O) groups excluding carboxylic acids is 2. The van der Waals surface area contributed by atoms with Crippen molar-refractivity contribution in [2.75, 3.05) is 34.4 Å². The minimum Gasteiger partial charge on any atom is -0.372 e. The van der Waals surface area contributed by atoms with Gasteiger partial charge in [-0.1, -0.05) is 23.9 Å². The quantitative estimate of drug-likeness (QED) is 0.533. The molecule has 2 amide bonds. The summed E-state index contributed by atoms with van der Waals surface area (Å²) in [6.45, 7) is 6.99. The van der Waals surface area contributed by atoms with E-state index >= 15 is 0 Å². The van der Waals surface area contributed by atoms with E-state index in [1.807, 2.05) is 24.3 Å². The normalized spacial score (nSPS) is 18.2. The maximum Gasteiger partial charge on any atom is 0.234 e. The first kappa shape index (κ1) is 23.0. The molecule has 2 N–H and O–H groups in total. The van der Waals surface area contributed by atoms with Crippen molar-refractivity contribution in [3.05, 3.63) is 48.5 Å². The molecule has 2 atom stereocenters. The van der Waals surface area contributed by atoms with Crippen molar-refractivity contribution in [2.45, 2.75) is 38.0 Å². The Balaban J connectivity index is 1.49. The van der Waals surface area contributed by atoms with Gasteiger partial charge in [-0.25, -0.2) is 9.97 Å². The summed E-state index contributed by atoms with van der Waals surface area (Å²) in [6, 6.07) is 14.8. The Hall–Kier alpha value is -3.17. The maximum absolute atomic E-state index is 12.6. The predicted octanol–water partition coefficient (Wildman–Crippen LogP) is 3.93. The first-order valence-corrected chi connectivity index (χ1v) is 11.8. The molecule has 33 heavy (non-hydrogen) atoms. The lowest BCUT2D eigenvalue weighted by Crippen LogP contribution is -2.46. The molecule has 2 aromatic carbocycles. The molecule has 0 saturated carbocycles. The van der Waals surface area contributed by atoms with Crippen LogP contribution >= 0.6 is 11.8 Å². The van der Waals surface area contributed by atoms with Crippen LogP contribution in [0.15, 0.2) is 53.6 Å². The van der Waals surface area contributed by atoms with Crippen LogP contribution in [0, 0.1) is 0 Å². The third kappa shape index (κ3) is 6.00. The van der Waals surface area contributed by atoms with Gasteiger partial charge in [0.15, 0.2) is 5.82 Å². The van der Waals surface area contributed by atoms with Crippen LogP contribution in [0.3, 0.4) is 0 Å². The zero-order valence-electron chi connectivity index (χ0n) is 18.9. The van der Waals surface area contributed by atoms with Crippen molar-refractivity contribution in [1.82, 2.24) is 9.97 Å². The van der Waals surface area contributed by atoms with Gasteiger partial charge < -0.3 is 20.3 Å². The van der Waals surface area contributed by atoms with Crippen LogP contribution in [-0.4, -0.2) is 52.8 Å². The Labute approximate surface area is 197 Å². The van der Waals surface area contributed by atoms with E-state index in [0.717, 1.165) is 35.0 Å². The lowest BCUT2D eigenvalue weighted by atomic mass is 10.2. The zero-order valence-corrected chi connectivity index (χ0v) is 19.7. The predicted molar refractivity (Wildman–Crippen MR) is 132 cm³/mol. The fourth-order valence-electron chi connectivity index (χ4n) is 3.80. The highest BCUT2D eigenvalue weighted by molar-refractivity contribution is 8.00. The van der Waals surface area contributed by atoms with Gasteiger partial charge in [0.2, 0.25) is 11.8 Å². The second-order valence-electron chi connectivity index (χ2n) is 8.10. The number of hydrogen-bond donors (Lipinski definition) is 2. The Kier molecular flexibility index (Phi) is 7.10. The topological polar surface area (TPSA) is 96.5 Å². The number of thioether (sulfide) groups is 1. The number of morpholine rings is 1. The van der Waals surface area contributed by atoms with E-state index < -0.39 is 0 Å². The van der Waals surface area contributed by atoms with Crippen molar-refractivity contribution in [3.8, 4) is 0 Å². The molecule has 0 unspecified atom stereocenters. The monoisotopic (exact) mass is 465 g/mol. The number of para-hydroxylation sites is 2. The number of benzene rings is 2. The van der Waals surface area contributed by atoms with Crippen LogP contribution in [-0.2, 0) is 14.3 Å². The van der Waals surface area contributed by atoms with Crippen LogP contribution < -0.4 is 15.5 Å². The fraction of sp³-hybridized carbons (Fsp3) is 0.333. The first-order chi connectivity index (χ1) is 15.9. The van der Waals surface area contributed by atoms with Crippen molar-refractivity contribution < 1.29 is 14.3 Å².